The summed E-state index contributed by atoms with van der Waals surface area (Å²) < 4.78 is 7.42. The van der Waals surface area contributed by atoms with Crippen molar-refractivity contribution in [2.45, 2.75) is 50.7 Å². The molecule has 2 fully saturated rings. The van der Waals surface area contributed by atoms with Gasteiger partial charge in [-0.1, -0.05) is 0 Å². The first-order valence-electron chi connectivity index (χ1n) is 10.7. The maximum absolute atomic E-state index is 12.6. The minimum absolute atomic E-state index is 0.0336. The number of nitrogen functional groups attached to an aromatic ring is 1. The molecule has 1 aliphatic carbocycles. The Bertz CT molecular complexity index is 1170. The molecule has 1 aromatic heterocycles. The van der Waals surface area contributed by atoms with Crippen LogP contribution in [0.15, 0.2) is 15.7 Å². The molecule has 4 N–H and O–H groups in total. The van der Waals surface area contributed by atoms with Gasteiger partial charge in [0.2, 0.25) is 5.54 Å². The molecule has 0 radical (unpaired) electrons. The van der Waals surface area contributed by atoms with Gasteiger partial charge in [-0.25, -0.2) is 11.4 Å². The van der Waals surface area contributed by atoms with Crippen LogP contribution in [0.4, 0.5) is 11.4 Å². The monoisotopic (exact) mass is 426 g/mol. The van der Waals surface area contributed by atoms with E-state index >= 15 is 0 Å². The van der Waals surface area contributed by atoms with Gasteiger partial charge in [-0.2, -0.15) is 0 Å². The van der Waals surface area contributed by atoms with E-state index in [2.05, 4.69) is 20.0 Å². The molecule has 0 spiro atoms. The molecule has 1 saturated carbocycles. The maximum Gasteiger partial charge on any atom is 0.329 e. The average molecular weight is 427 g/mol. The summed E-state index contributed by atoms with van der Waals surface area (Å²) in [6.07, 6.45) is 2.68. The number of nitrogens with zero attached hydrogens (tertiary/aromatic N) is 3. The van der Waals surface area contributed by atoms with Gasteiger partial charge >= 0.3 is 5.69 Å². The highest BCUT2D eigenvalue weighted by Gasteiger charge is 2.43. The van der Waals surface area contributed by atoms with Gasteiger partial charge in [-0.15, -0.1) is 0 Å². The third-order valence-corrected chi connectivity index (χ3v) is 6.69. The number of anilines is 2. The fourth-order valence-corrected chi connectivity index (χ4v) is 5.08. The number of benzene rings is 1. The Hall–Kier alpha value is -2.99. The molecule has 31 heavy (non-hydrogen) atoms. The van der Waals surface area contributed by atoms with E-state index in [1.807, 2.05) is 20.9 Å². The van der Waals surface area contributed by atoms with Crippen molar-refractivity contribution in [3.63, 3.8) is 0 Å². The van der Waals surface area contributed by atoms with Crippen LogP contribution in [0.5, 0.6) is 5.75 Å². The van der Waals surface area contributed by atoms with Crippen LogP contribution < -0.4 is 31.9 Å². The Morgan fingerprint density at radius 1 is 1.35 bits per heavy atom. The van der Waals surface area contributed by atoms with Crippen LogP contribution in [0.25, 0.3) is 15.7 Å². The van der Waals surface area contributed by atoms with E-state index < -0.39 is 16.8 Å². The second kappa shape index (κ2) is 7.61. The van der Waals surface area contributed by atoms with Gasteiger partial charge in [0.15, 0.2) is 5.75 Å². The van der Waals surface area contributed by atoms with Crippen LogP contribution in [0.1, 0.15) is 39.2 Å². The number of hydrogen-bond acceptors (Lipinski definition) is 6. The Morgan fingerprint density at radius 3 is 2.65 bits per heavy atom. The van der Waals surface area contributed by atoms with Crippen LogP contribution in [0.2, 0.25) is 0 Å². The highest BCUT2D eigenvalue weighted by Crippen LogP contribution is 2.44. The fraction of sp³-hybridized carbons (Fsp3) is 0.591. The number of likely N-dealkylation sites (N-methyl/N-ethyl adjacent to an activating group) is 1. The Kier molecular flexibility index (Phi) is 5.21. The first-order chi connectivity index (χ1) is 14.7. The Balaban J connectivity index is 1.83. The van der Waals surface area contributed by atoms with Crippen molar-refractivity contribution in [3.05, 3.63) is 38.3 Å². The van der Waals surface area contributed by atoms with Crippen molar-refractivity contribution in [3.8, 4) is 5.75 Å². The molecule has 1 saturated heterocycles. The van der Waals surface area contributed by atoms with Gasteiger partial charge < -0.3 is 25.5 Å². The SMILES string of the molecule is [C-]#[N+]C(C)(C)C(NC)C1CCN(c2cc(N)c3c(=O)[nH]c(=O)n(C4CC4)c3c2OC)C1. The minimum Gasteiger partial charge on any atom is -0.492 e. The summed E-state index contributed by atoms with van der Waals surface area (Å²) in [5.74, 6) is 0.769. The van der Waals surface area contributed by atoms with Gasteiger partial charge in [-0.05, 0) is 32.4 Å². The molecule has 1 aliphatic heterocycles. The van der Waals surface area contributed by atoms with E-state index in [-0.39, 0.29) is 18.0 Å². The molecule has 166 valence electrons. The first kappa shape index (κ1) is 21.2. The lowest BCUT2D eigenvalue weighted by Crippen LogP contribution is -2.49. The molecule has 2 atom stereocenters. The van der Waals surface area contributed by atoms with Crippen molar-refractivity contribution >= 4 is 22.3 Å². The van der Waals surface area contributed by atoms with Gasteiger partial charge in [0.1, 0.15) is 5.52 Å². The molecule has 9 nitrogen and oxygen atoms in total. The Morgan fingerprint density at radius 2 is 2.06 bits per heavy atom. The minimum atomic E-state index is -0.526. The topological polar surface area (TPSA) is 110 Å². The Labute approximate surface area is 181 Å². The summed E-state index contributed by atoms with van der Waals surface area (Å²) in [5, 5.41) is 3.63. The van der Waals surface area contributed by atoms with Crippen LogP contribution >= 0.6 is 0 Å². The highest BCUT2D eigenvalue weighted by molar-refractivity contribution is 5.99. The molecule has 0 amide bonds. The molecular weight excluding hydrogens is 396 g/mol. The summed E-state index contributed by atoms with van der Waals surface area (Å²) in [6, 6.07) is 1.86. The largest absolute Gasteiger partial charge is 0.492 e. The zero-order chi connectivity index (χ0) is 22.5. The first-order valence-corrected chi connectivity index (χ1v) is 10.7. The molecule has 1 aromatic carbocycles. The number of fused-ring (bicyclic) bond motifs is 1. The van der Waals surface area contributed by atoms with Crippen molar-refractivity contribution in [2.75, 3.05) is 37.9 Å². The number of ether oxygens (including phenoxy) is 1. The van der Waals surface area contributed by atoms with E-state index in [0.29, 0.717) is 22.3 Å². The van der Waals surface area contributed by atoms with E-state index in [1.54, 1.807) is 17.7 Å². The number of nitrogens with one attached hydrogen (secondary N) is 2. The van der Waals surface area contributed by atoms with E-state index in [9.17, 15) is 9.59 Å². The number of H-pyrrole nitrogens is 1. The average Bonchev–Trinajstić information content (AvgIpc) is 3.44. The normalized spacial score (nSPS) is 20.1. The van der Waals surface area contributed by atoms with Crippen molar-refractivity contribution < 1.29 is 4.74 Å². The standard InChI is InChI=1S/C22H30N6O3/c1-22(2,25-4)19(24-3)12-8-9-27(11-12)15-10-14(23)16-17(18(15)31-5)28(13-6-7-13)21(30)26-20(16)29/h10,12-13,19,24H,6-9,11,23H2,1-3,5H3,(H,26,29,30). The van der Waals surface area contributed by atoms with Gasteiger partial charge in [0, 0.05) is 44.6 Å². The van der Waals surface area contributed by atoms with Gasteiger partial charge in [0.05, 0.1) is 24.2 Å². The number of nitrogens with two attached hydrogens (primary N) is 1. The number of methoxy groups -OCH3 is 1. The summed E-state index contributed by atoms with van der Waals surface area (Å²) in [4.78, 5) is 33.6. The van der Waals surface area contributed by atoms with Gasteiger partial charge in [0.25, 0.3) is 5.56 Å². The summed E-state index contributed by atoms with van der Waals surface area (Å²) in [5.41, 5.74) is 6.47. The lowest BCUT2D eigenvalue weighted by atomic mass is 9.84. The summed E-state index contributed by atoms with van der Waals surface area (Å²) in [7, 11) is 3.46. The fourth-order valence-electron chi connectivity index (χ4n) is 5.08. The summed E-state index contributed by atoms with van der Waals surface area (Å²) >= 11 is 0. The smallest absolute Gasteiger partial charge is 0.329 e. The predicted molar refractivity (Wildman–Crippen MR) is 122 cm³/mol. The van der Waals surface area contributed by atoms with Gasteiger partial charge in [-0.3, -0.25) is 14.3 Å². The zero-order valence-corrected chi connectivity index (χ0v) is 18.5. The summed E-state index contributed by atoms with van der Waals surface area (Å²) in [6.45, 7) is 13.0. The predicted octanol–water partition coefficient (Wildman–Crippen LogP) is 1.73. The second-order valence-corrected chi connectivity index (χ2v) is 9.13. The number of aromatic amines is 1. The highest BCUT2D eigenvalue weighted by atomic mass is 16.5. The lowest BCUT2D eigenvalue weighted by molar-refractivity contribution is 0.309. The van der Waals surface area contributed by atoms with Crippen molar-refractivity contribution in [1.82, 2.24) is 14.9 Å². The second-order valence-electron chi connectivity index (χ2n) is 9.13. The van der Waals surface area contributed by atoms with Crippen LogP contribution in [-0.4, -0.2) is 48.4 Å². The van der Waals surface area contributed by atoms with Crippen LogP contribution in [0.3, 0.4) is 0 Å². The van der Waals surface area contributed by atoms with Crippen LogP contribution in [0, 0.1) is 12.5 Å². The zero-order valence-electron chi connectivity index (χ0n) is 18.5. The number of aromatic nitrogens is 2. The molecule has 2 heterocycles. The lowest BCUT2D eigenvalue weighted by Gasteiger charge is -2.30. The van der Waals surface area contributed by atoms with Crippen molar-refractivity contribution in [2.24, 2.45) is 5.92 Å². The molecule has 2 unspecified atom stereocenters. The molecule has 4 rings (SSSR count). The maximum atomic E-state index is 12.6. The molecular formula is C22H30N6O3. The van der Waals surface area contributed by atoms with E-state index in [1.165, 1.54) is 0 Å². The molecule has 2 aromatic rings. The number of rotatable bonds is 6. The molecule has 9 heteroatoms. The van der Waals surface area contributed by atoms with E-state index in [0.717, 1.165) is 38.0 Å². The van der Waals surface area contributed by atoms with Crippen molar-refractivity contribution in [1.29, 1.82) is 0 Å². The van der Waals surface area contributed by atoms with Crippen LogP contribution in [-0.2, 0) is 0 Å². The van der Waals surface area contributed by atoms with E-state index in [4.69, 9.17) is 17.0 Å². The molecule has 0 bridgehead atoms. The third-order valence-electron chi connectivity index (χ3n) is 6.69. The quantitative estimate of drug-likeness (QED) is 0.479. The third kappa shape index (κ3) is 3.45. The molecule has 2 aliphatic rings. The number of hydrogen-bond donors (Lipinski definition) is 3.